The number of carboxylic acids is 1. The van der Waals surface area contributed by atoms with Crippen LogP contribution in [0.4, 0.5) is 0 Å². The summed E-state index contributed by atoms with van der Waals surface area (Å²) in [5.74, 6) is -0.185. The van der Waals surface area contributed by atoms with E-state index < -0.39 is 5.97 Å². The van der Waals surface area contributed by atoms with E-state index in [0.29, 0.717) is 19.1 Å². The van der Waals surface area contributed by atoms with Crippen molar-refractivity contribution in [2.75, 3.05) is 13.2 Å². The van der Waals surface area contributed by atoms with Crippen LogP contribution in [0.2, 0.25) is 0 Å². The molecule has 3 nitrogen and oxygen atoms in total. The molecule has 0 bridgehead atoms. The summed E-state index contributed by atoms with van der Waals surface area (Å²) in [4.78, 5) is 10.2. The first-order chi connectivity index (χ1) is 6.70. The van der Waals surface area contributed by atoms with Gasteiger partial charge in [0.15, 0.2) is 0 Å². The molecule has 84 valence electrons. The molecule has 0 aliphatic heterocycles. The molecule has 0 spiro atoms. The molecular formula is C11H22O3. The van der Waals surface area contributed by atoms with Gasteiger partial charge in [-0.25, -0.2) is 0 Å². The molecule has 0 rings (SSSR count). The van der Waals surface area contributed by atoms with E-state index in [0.717, 1.165) is 6.42 Å². The van der Waals surface area contributed by atoms with Gasteiger partial charge in [-0.3, -0.25) is 4.79 Å². The summed E-state index contributed by atoms with van der Waals surface area (Å²) in [6.07, 6.45) is 4.88. The lowest BCUT2D eigenvalue weighted by Gasteiger charge is -2.13. The molecule has 0 heterocycles. The summed E-state index contributed by atoms with van der Waals surface area (Å²) >= 11 is 0. The van der Waals surface area contributed by atoms with Crippen molar-refractivity contribution in [2.45, 2.75) is 46.0 Å². The van der Waals surface area contributed by atoms with Crippen LogP contribution < -0.4 is 0 Å². The maximum Gasteiger partial charge on any atom is 0.305 e. The minimum atomic E-state index is -0.786. The molecule has 0 saturated heterocycles. The molecule has 0 aliphatic rings. The summed E-state index contributed by atoms with van der Waals surface area (Å²) in [5, 5.41) is 8.40. The Morgan fingerprint density at radius 1 is 1.43 bits per heavy atom. The second kappa shape index (κ2) is 9.00. The van der Waals surface area contributed by atoms with Gasteiger partial charge in [-0.15, -0.1) is 0 Å². The van der Waals surface area contributed by atoms with E-state index in [4.69, 9.17) is 9.84 Å². The van der Waals surface area contributed by atoms with Crippen LogP contribution in [-0.2, 0) is 9.53 Å². The van der Waals surface area contributed by atoms with E-state index in [-0.39, 0.29) is 6.42 Å². The third-order valence-electron chi connectivity index (χ3n) is 2.36. The van der Waals surface area contributed by atoms with Crippen molar-refractivity contribution < 1.29 is 14.6 Å². The Balaban J connectivity index is 3.37. The predicted molar refractivity (Wildman–Crippen MR) is 56.4 cm³/mol. The highest BCUT2D eigenvalue weighted by molar-refractivity contribution is 5.66. The van der Waals surface area contributed by atoms with Crippen LogP contribution >= 0.6 is 0 Å². The number of aliphatic carboxylic acids is 1. The normalized spacial score (nSPS) is 12.7. The van der Waals surface area contributed by atoms with Crippen LogP contribution in [0.15, 0.2) is 0 Å². The first-order valence-electron chi connectivity index (χ1n) is 5.50. The number of rotatable bonds is 9. The molecule has 0 radical (unpaired) electrons. The van der Waals surface area contributed by atoms with Crippen LogP contribution in [-0.4, -0.2) is 24.3 Å². The molecular weight excluding hydrogens is 180 g/mol. The molecule has 0 aromatic carbocycles. The minimum absolute atomic E-state index is 0.115. The van der Waals surface area contributed by atoms with Crippen LogP contribution in [0.25, 0.3) is 0 Å². The second-order valence-corrected chi connectivity index (χ2v) is 3.64. The number of carbonyl (C=O) groups is 1. The van der Waals surface area contributed by atoms with Gasteiger partial charge >= 0.3 is 5.97 Å². The Morgan fingerprint density at radius 3 is 2.64 bits per heavy atom. The summed E-state index contributed by atoms with van der Waals surface area (Å²) in [5.41, 5.74) is 0. The topological polar surface area (TPSA) is 46.5 Å². The van der Waals surface area contributed by atoms with Crippen molar-refractivity contribution in [3.8, 4) is 0 Å². The standard InChI is InChI=1S/C11H22O3/c1-3-5-6-10(4-2)9-14-8-7-11(12)13/h10H,3-9H2,1-2H3,(H,12,13). The van der Waals surface area contributed by atoms with E-state index in [1.54, 1.807) is 0 Å². The largest absolute Gasteiger partial charge is 0.481 e. The van der Waals surface area contributed by atoms with Gasteiger partial charge in [-0.1, -0.05) is 33.1 Å². The van der Waals surface area contributed by atoms with Gasteiger partial charge in [0, 0.05) is 6.61 Å². The fourth-order valence-corrected chi connectivity index (χ4v) is 1.31. The van der Waals surface area contributed by atoms with Gasteiger partial charge in [0.25, 0.3) is 0 Å². The number of ether oxygens (including phenoxy) is 1. The van der Waals surface area contributed by atoms with Gasteiger partial charge in [-0.2, -0.15) is 0 Å². The lowest BCUT2D eigenvalue weighted by Crippen LogP contribution is -2.11. The Morgan fingerprint density at radius 2 is 2.14 bits per heavy atom. The van der Waals surface area contributed by atoms with Crippen LogP contribution in [0.3, 0.4) is 0 Å². The van der Waals surface area contributed by atoms with Gasteiger partial charge in [0.2, 0.25) is 0 Å². The third-order valence-corrected chi connectivity index (χ3v) is 2.36. The second-order valence-electron chi connectivity index (χ2n) is 3.64. The van der Waals surface area contributed by atoms with Gasteiger partial charge in [-0.05, 0) is 12.3 Å². The summed E-state index contributed by atoms with van der Waals surface area (Å²) in [6, 6.07) is 0. The highest BCUT2D eigenvalue weighted by Gasteiger charge is 2.06. The average molecular weight is 202 g/mol. The molecule has 0 aliphatic carbocycles. The quantitative estimate of drug-likeness (QED) is 0.585. The fourth-order valence-electron chi connectivity index (χ4n) is 1.31. The molecule has 1 atom stereocenters. The molecule has 1 N–H and O–H groups in total. The SMILES string of the molecule is CCCCC(CC)COCCC(=O)O. The fraction of sp³-hybridized carbons (Fsp3) is 0.909. The monoisotopic (exact) mass is 202 g/mol. The smallest absolute Gasteiger partial charge is 0.305 e. The van der Waals surface area contributed by atoms with Crippen LogP contribution in [0, 0.1) is 5.92 Å². The Kier molecular flexibility index (Phi) is 8.64. The zero-order valence-electron chi connectivity index (χ0n) is 9.29. The highest BCUT2D eigenvalue weighted by atomic mass is 16.5. The molecule has 0 amide bonds. The van der Waals surface area contributed by atoms with Crippen molar-refractivity contribution in [1.29, 1.82) is 0 Å². The van der Waals surface area contributed by atoms with Gasteiger partial charge in [0.1, 0.15) is 0 Å². The van der Waals surface area contributed by atoms with E-state index in [1.807, 2.05) is 0 Å². The van der Waals surface area contributed by atoms with Crippen molar-refractivity contribution in [3.05, 3.63) is 0 Å². The van der Waals surface area contributed by atoms with Crippen LogP contribution in [0.5, 0.6) is 0 Å². The third kappa shape index (κ3) is 8.05. The molecule has 0 saturated carbocycles. The lowest BCUT2D eigenvalue weighted by molar-refractivity contribution is -0.138. The minimum Gasteiger partial charge on any atom is -0.481 e. The maximum atomic E-state index is 10.2. The Hall–Kier alpha value is -0.570. The average Bonchev–Trinajstić information content (AvgIpc) is 2.16. The molecule has 3 heteroatoms. The van der Waals surface area contributed by atoms with E-state index >= 15 is 0 Å². The molecule has 1 unspecified atom stereocenters. The first kappa shape index (κ1) is 13.4. The maximum absolute atomic E-state index is 10.2. The predicted octanol–water partition coefficient (Wildman–Crippen LogP) is 2.69. The lowest BCUT2D eigenvalue weighted by atomic mass is 10.0. The molecule has 0 aromatic rings. The van der Waals surface area contributed by atoms with Crippen molar-refractivity contribution in [1.82, 2.24) is 0 Å². The van der Waals surface area contributed by atoms with E-state index in [2.05, 4.69) is 13.8 Å². The summed E-state index contributed by atoms with van der Waals surface area (Å²) < 4.78 is 5.31. The van der Waals surface area contributed by atoms with Crippen LogP contribution in [0.1, 0.15) is 46.0 Å². The van der Waals surface area contributed by atoms with Gasteiger partial charge in [0.05, 0.1) is 13.0 Å². The zero-order chi connectivity index (χ0) is 10.8. The highest BCUT2D eigenvalue weighted by Crippen LogP contribution is 2.12. The Labute approximate surface area is 86.5 Å². The van der Waals surface area contributed by atoms with Crippen molar-refractivity contribution in [3.63, 3.8) is 0 Å². The molecule has 0 fully saturated rings. The number of unbranched alkanes of at least 4 members (excludes halogenated alkanes) is 1. The molecule has 14 heavy (non-hydrogen) atoms. The van der Waals surface area contributed by atoms with Crippen molar-refractivity contribution >= 4 is 5.97 Å². The number of carboxylic acid groups (broad SMARTS) is 1. The number of hydrogen-bond donors (Lipinski definition) is 1. The van der Waals surface area contributed by atoms with Crippen molar-refractivity contribution in [2.24, 2.45) is 5.92 Å². The van der Waals surface area contributed by atoms with E-state index in [9.17, 15) is 4.79 Å². The Bertz CT molecular complexity index is 145. The summed E-state index contributed by atoms with van der Waals surface area (Å²) in [6.45, 7) is 5.39. The van der Waals surface area contributed by atoms with E-state index in [1.165, 1.54) is 19.3 Å². The van der Waals surface area contributed by atoms with Gasteiger partial charge < -0.3 is 9.84 Å². The summed E-state index contributed by atoms with van der Waals surface area (Å²) in [7, 11) is 0. The molecule has 0 aromatic heterocycles. The number of hydrogen-bond acceptors (Lipinski definition) is 2. The first-order valence-corrected chi connectivity index (χ1v) is 5.50. The zero-order valence-corrected chi connectivity index (χ0v) is 9.29.